The number of hydrogen-bond donors (Lipinski definition) is 1. The fourth-order valence-electron chi connectivity index (χ4n) is 2.42. The highest BCUT2D eigenvalue weighted by atomic mass is 35.5. The van der Waals surface area contributed by atoms with Crippen molar-refractivity contribution in [1.29, 1.82) is 0 Å². The smallest absolute Gasteiger partial charge is 0.188 e. The van der Waals surface area contributed by atoms with E-state index in [9.17, 15) is 0 Å². The summed E-state index contributed by atoms with van der Waals surface area (Å²) in [5.74, 6) is 0.789. The lowest BCUT2D eigenvalue weighted by molar-refractivity contribution is 0.321. The first-order valence-electron chi connectivity index (χ1n) is 13.8. The standard InChI is InChI=1S/C19H27ClN6S.5C2H6/c1-6-15(26(5)10-9-25(3)4)12-18(21-2)24-19-23-13-16(27-19)14-7-8-22-17(20)11-14;5*1-2/h7-8,11-13H,6,9-10H2,1-5H3,(H,21,23,24);5*1-2H3/b15-12+;;;;;. The molecule has 2 aromatic rings. The molecule has 0 radical (unpaired) electrons. The summed E-state index contributed by atoms with van der Waals surface area (Å²) in [6.07, 6.45) is 6.55. The van der Waals surface area contributed by atoms with Gasteiger partial charge in [-0.25, -0.2) is 9.97 Å². The molecule has 0 saturated heterocycles. The molecule has 2 rings (SSSR count). The molecule has 8 heteroatoms. The molecule has 0 aliphatic rings. The normalized spacial score (nSPS) is 9.97. The number of halogens is 1. The van der Waals surface area contributed by atoms with Gasteiger partial charge in [0.15, 0.2) is 5.13 Å². The van der Waals surface area contributed by atoms with Crippen molar-refractivity contribution in [2.45, 2.75) is 82.6 Å². The Hall–Kier alpha value is -1.96. The van der Waals surface area contributed by atoms with Gasteiger partial charge in [0.25, 0.3) is 0 Å². The summed E-state index contributed by atoms with van der Waals surface area (Å²) < 4.78 is 0. The van der Waals surface area contributed by atoms with Crippen LogP contribution in [-0.4, -0.2) is 66.9 Å². The monoisotopic (exact) mass is 556 g/mol. The molecule has 6 nitrogen and oxygen atoms in total. The molecule has 0 fully saturated rings. The molecule has 0 amide bonds. The van der Waals surface area contributed by atoms with Gasteiger partial charge in [-0.2, -0.15) is 0 Å². The number of pyridine rings is 1. The number of nitrogens with one attached hydrogen (secondary N) is 1. The third-order valence-corrected chi connectivity index (χ3v) is 5.20. The van der Waals surface area contributed by atoms with Crippen molar-refractivity contribution in [3.8, 4) is 10.4 Å². The quantitative estimate of drug-likeness (QED) is 0.199. The maximum Gasteiger partial charge on any atom is 0.188 e. The number of aromatic nitrogens is 2. The van der Waals surface area contributed by atoms with Gasteiger partial charge in [0, 0.05) is 45.3 Å². The number of rotatable bonds is 8. The van der Waals surface area contributed by atoms with Crippen LogP contribution in [0.1, 0.15) is 82.6 Å². The predicted molar refractivity (Wildman–Crippen MR) is 174 cm³/mol. The van der Waals surface area contributed by atoms with E-state index >= 15 is 0 Å². The third-order valence-electron chi connectivity index (χ3n) is 4.03. The molecule has 216 valence electrons. The summed E-state index contributed by atoms with van der Waals surface area (Å²) in [5, 5.41) is 4.58. The molecule has 0 aromatic carbocycles. The number of hydrogen-bond acceptors (Lipinski definition) is 6. The lowest BCUT2D eigenvalue weighted by atomic mass is 10.2. The number of aliphatic imine (C=N–C) groups is 1. The Morgan fingerprint density at radius 1 is 0.973 bits per heavy atom. The van der Waals surface area contributed by atoms with E-state index in [1.54, 1.807) is 24.6 Å². The van der Waals surface area contributed by atoms with Crippen LogP contribution in [0.2, 0.25) is 5.15 Å². The Morgan fingerprint density at radius 3 is 2.00 bits per heavy atom. The Kier molecular flexibility index (Phi) is 34.5. The van der Waals surface area contributed by atoms with Crippen LogP contribution in [0, 0.1) is 0 Å². The van der Waals surface area contributed by atoms with E-state index in [2.05, 4.69) is 64.2 Å². The van der Waals surface area contributed by atoms with E-state index in [4.69, 9.17) is 11.6 Å². The van der Waals surface area contributed by atoms with Crippen molar-refractivity contribution in [3.05, 3.63) is 41.5 Å². The van der Waals surface area contributed by atoms with Gasteiger partial charge in [0.05, 0.1) is 4.88 Å². The summed E-state index contributed by atoms with van der Waals surface area (Å²) in [5.41, 5.74) is 2.23. The highest BCUT2D eigenvalue weighted by molar-refractivity contribution is 7.19. The molecule has 0 saturated carbocycles. The highest BCUT2D eigenvalue weighted by Crippen LogP contribution is 2.29. The maximum absolute atomic E-state index is 5.98. The van der Waals surface area contributed by atoms with Gasteiger partial charge < -0.3 is 15.1 Å². The lowest BCUT2D eigenvalue weighted by Gasteiger charge is -2.24. The molecule has 0 bridgehead atoms. The maximum atomic E-state index is 5.98. The van der Waals surface area contributed by atoms with E-state index in [-0.39, 0.29) is 0 Å². The van der Waals surface area contributed by atoms with E-state index < -0.39 is 0 Å². The Balaban J connectivity index is -0.000000486. The van der Waals surface area contributed by atoms with E-state index in [0.717, 1.165) is 40.9 Å². The fraction of sp³-hybridized carbons (Fsp3) is 0.621. The summed E-state index contributed by atoms with van der Waals surface area (Å²) in [6.45, 7) is 24.1. The first-order valence-corrected chi connectivity index (χ1v) is 15.0. The Labute approximate surface area is 239 Å². The van der Waals surface area contributed by atoms with Gasteiger partial charge in [0.2, 0.25) is 0 Å². The van der Waals surface area contributed by atoms with Crippen LogP contribution in [0.5, 0.6) is 0 Å². The zero-order valence-corrected chi connectivity index (χ0v) is 28.1. The average Bonchev–Trinajstić information content (AvgIpc) is 3.43. The number of nitrogens with zero attached hydrogens (tertiary/aromatic N) is 5. The Bertz CT molecular complexity index is 803. The molecular formula is C29H57ClN6S. The van der Waals surface area contributed by atoms with E-state index in [1.807, 2.05) is 87.6 Å². The van der Waals surface area contributed by atoms with Crippen molar-refractivity contribution < 1.29 is 0 Å². The van der Waals surface area contributed by atoms with E-state index in [1.165, 1.54) is 5.70 Å². The second-order valence-corrected chi connectivity index (χ2v) is 7.76. The van der Waals surface area contributed by atoms with Gasteiger partial charge in [-0.3, -0.25) is 4.99 Å². The van der Waals surface area contributed by atoms with Crippen LogP contribution < -0.4 is 5.32 Å². The average molecular weight is 557 g/mol. The molecular weight excluding hydrogens is 500 g/mol. The molecule has 37 heavy (non-hydrogen) atoms. The van der Waals surface area contributed by atoms with Crippen molar-refractivity contribution in [3.63, 3.8) is 0 Å². The molecule has 0 aliphatic carbocycles. The Morgan fingerprint density at radius 2 is 1.54 bits per heavy atom. The van der Waals surface area contributed by atoms with Crippen LogP contribution in [-0.2, 0) is 0 Å². The molecule has 0 atom stereocenters. The second-order valence-electron chi connectivity index (χ2n) is 6.34. The van der Waals surface area contributed by atoms with Crippen LogP contribution >= 0.6 is 22.9 Å². The topological polar surface area (TPSA) is 56.7 Å². The molecule has 2 aromatic heterocycles. The molecule has 0 aliphatic heterocycles. The molecule has 1 N–H and O–H groups in total. The van der Waals surface area contributed by atoms with Crippen molar-refractivity contribution in [2.75, 3.05) is 46.6 Å². The number of likely N-dealkylation sites (N-methyl/N-ethyl adjacent to an activating group) is 2. The number of allylic oxidation sites excluding steroid dienone is 1. The van der Waals surface area contributed by atoms with Gasteiger partial charge >= 0.3 is 0 Å². The second kappa shape index (κ2) is 30.3. The van der Waals surface area contributed by atoms with Gasteiger partial charge in [-0.1, -0.05) is 99.1 Å². The number of amidine groups is 1. The molecule has 0 unspecified atom stereocenters. The van der Waals surface area contributed by atoms with Crippen molar-refractivity contribution in [2.24, 2.45) is 4.99 Å². The third kappa shape index (κ3) is 19.8. The minimum atomic E-state index is 0.475. The first kappa shape index (κ1) is 42.1. The first-order chi connectivity index (χ1) is 17.9. The van der Waals surface area contributed by atoms with Crippen molar-refractivity contribution >= 4 is 33.9 Å². The predicted octanol–water partition coefficient (Wildman–Crippen LogP) is 9.22. The minimum absolute atomic E-state index is 0.475. The van der Waals surface area contributed by atoms with Crippen LogP contribution in [0.25, 0.3) is 10.4 Å². The zero-order valence-electron chi connectivity index (χ0n) is 26.5. The summed E-state index contributed by atoms with van der Waals surface area (Å²) in [4.78, 5) is 18.3. The summed E-state index contributed by atoms with van der Waals surface area (Å²) >= 11 is 7.54. The van der Waals surface area contributed by atoms with Gasteiger partial charge in [-0.15, -0.1) is 0 Å². The van der Waals surface area contributed by atoms with Crippen molar-refractivity contribution in [1.82, 2.24) is 19.8 Å². The largest absolute Gasteiger partial charge is 0.377 e. The highest BCUT2D eigenvalue weighted by Gasteiger charge is 2.09. The molecule has 2 heterocycles. The summed E-state index contributed by atoms with van der Waals surface area (Å²) in [6, 6.07) is 3.76. The fourth-order valence-corrected chi connectivity index (χ4v) is 3.41. The van der Waals surface area contributed by atoms with E-state index in [0.29, 0.717) is 5.15 Å². The lowest BCUT2D eigenvalue weighted by Crippen LogP contribution is -2.28. The van der Waals surface area contributed by atoms with Gasteiger partial charge in [-0.05, 0) is 44.3 Å². The minimum Gasteiger partial charge on any atom is -0.377 e. The van der Waals surface area contributed by atoms with Crippen LogP contribution in [0.3, 0.4) is 0 Å². The van der Waals surface area contributed by atoms with Crippen LogP contribution in [0.4, 0.5) is 5.13 Å². The summed E-state index contributed by atoms with van der Waals surface area (Å²) in [7, 11) is 8.06. The SMILES string of the molecule is CC.CC.CC.CC.CC.CC/C(=C\C(=NC)Nc1ncc(-c2ccnc(Cl)c2)s1)N(C)CCN(C)C. The zero-order chi connectivity index (χ0) is 29.8. The molecule has 0 spiro atoms. The number of thiazole rings is 1. The number of anilines is 1. The van der Waals surface area contributed by atoms with Gasteiger partial charge in [0.1, 0.15) is 11.0 Å². The van der Waals surface area contributed by atoms with Crippen LogP contribution in [0.15, 0.2) is 41.3 Å².